The second-order valence-electron chi connectivity index (χ2n) is 2.33. The van der Waals surface area contributed by atoms with Crippen molar-refractivity contribution in [2.24, 2.45) is 0 Å². The Kier molecular flexibility index (Phi) is 2.55. The molecular formula is C7H6ClN5O. The van der Waals surface area contributed by atoms with Gasteiger partial charge in [-0.05, 0) is 6.07 Å². The lowest BCUT2D eigenvalue weighted by atomic mass is 10.7. The summed E-state index contributed by atoms with van der Waals surface area (Å²) in [5.41, 5.74) is 0. The van der Waals surface area contributed by atoms with Gasteiger partial charge in [-0.3, -0.25) is 5.32 Å². The largest absolute Gasteiger partial charge is 0.407 e. The maximum Gasteiger partial charge on any atom is 0.322 e. The Hall–Kier alpha value is -1.69. The Balaban J connectivity index is 2.11. The fourth-order valence-electron chi connectivity index (χ4n) is 0.817. The summed E-state index contributed by atoms with van der Waals surface area (Å²) in [6.07, 6.45) is 3.21. The summed E-state index contributed by atoms with van der Waals surface area (Å²) in [5, 5.41) is 10.1. The maximum absolute atomic E-state index is 5.49. The molecule has 0 saturated carbocycles. The highest BCUT2D eigenvalue weighted by Crippen LogP contribution is 2.10. The number of alkyl halides is 1. The second-order valence-corrected chi connectivity index (χ2v) is 2.60. The van der Waals surface area contributed by atoms with Crippen LogP contribution in [0.1, 0.15) is 5.89 Å². The fraction of sp³-hybridized carbons (Fsp3) is 0.143. The van der Waals surface area contributed by atoms with Gasteiger partial charge in [0, 0.05) is 12.4 Å². The topological polar surface area (TPSA) is 76.7 Å². The molecule has 0 unspecified atom stereocenters. The molecule has 0 amide bonds. The molecule has 72 valence electrons. The molecule has 2 rings (SSSR count). The average Bonchev–Trinajstić information content (AvgIpc) is 2.67. The highest BCUT2D eigenvalue weighted by Gasteiger charge is 2.05. The smallest absolute Gasteiger partial charge is 0.322 e. The summed E-state index contributed by atoms with van der Waals surface area (Å²) in [7, 11) is 0. The van der Waals surface area contributed by atoms with E-state index < -0.39 is 0 Å². The molecular weight excluding hydrogens is 206 g/mol. The molecule has 7 heteroatoms. The van der Waals surface area contributed by atoms with Crippen LogP contribution in [-0.4, -0.2) is 20.2 Å². The highest BCUT2D eigenvalue weighted by atomic mass is 35.5. The molecule has 0 aliphatic carbocycles. The van der Waals surface area contributed by atoms with Gasteiger partial charge in [0.25, 0.3) is 0 Å². The standard InChI is InChI=1S/C7H6ClN5O/c8-4-5-12-13-7(14-5)11-6-9-2-1-3-10-6/h1-3H,4H2,(H,9,10,11,13). The number of nitrogens with one attached hydrogen (secondary N) is 1. The number of halogens is 1. The van der Waals surface area contributed by atoms with Crippen molar-refractivity contribution < 1.29 is 4.42 Å². The Morgan fingerprint density at radius 1 is 1.29 bits per heavy atom. The summed E-state index contributed by atoms with van der Waals surface area (Å²) < 4.78 is 5.09. The van der Waals surface area contributed by atoms with Crippen LogP contribution in [0.25, 0.3) is 0 Å². The zero-order valence-electron chi connectivity index (χ0n) is 7.01. The molecule has 6 nitrogen and oxygen atoms in total. The third-order valence-corrected chi connectivity index (χ3v) is 1.59. The number of nitrogens with zero attached hydrogens (tertiary/aromatic N) is 4. The Labute approximate surface area is 84.3 Å². The van der Waals surface area contributed by atoms with Crippen LogP contribution in [0.5, 0.6) is 0 Å². The normalized spacial score (nSPS) is 10.1. The average molecular weight is 212 g/mol. The third kappa shape index (κ3) is 1.97. The summed E-state index contributed by atoms with van der Waals surface area (Å²) in [6, 6.07) is 1.94. The molecule has 0 aliphatic heterocycles. The van der Waals surface area contributed by atoms with E-state index in [4.69, 9.17) is 16.0 Å². The molecule has 2 aromatic heterocycles. The van der Waals surface area contributed by atoms with Crippen molar-refractivity contribution in [3.05, 3.63) is 24.4 Å². The van der Waals surface area contributed by atoms with E-state index in [0.29, 0.717) is 11.8 Å². The van der Waals surface area contributed by atoms with Crippen molar-refractivity contribution >= 4 is 23.6 Å². The van der Waals surface area contributed by atoms with Crippen LogP contribution in [0.3, 0.4) is 0 Å². The number of hydrogen-bond donors (Lipinski definition) is 1. The molecule has 0 spiro atoms. The van der Waals surface area contributed by atoms with E-state index >= 15 is 0 Å². The monoisotopic (exact) mass is 211 g/mol. The van der Waals surface area contributed by atoms with Gasteiger partial charge in [0.15, 0.2) is 0 Å². The van der Waals surface area contributed by atoms with E-state index in [0.717, 1.165) is 0 Å². The van der Waals surface area contributed by atoms with Crippen LogP contribution in [0.15, 0.2) is 22.9 Å². The lowest BCUT2D eigenvalue weighted by Crippen LogP contribution is -1.95. The van der Waals surface area contributed by atoms with Gasteiger partial charge in [-0.1, -0.05) is 5.10 Å². The quantitative estimate of drug-likeness (QED) is 0.772. The predicted molar refractivity (Wildman–Crippen MR) is 49.2 cm³/mol. The summed E-state index contributed by atoms with van der Waals surface area (Å²) in [6.45, 7) is 0. The van der Waals surface area contributed by atoms with E-state index in [1.165, 1.54) is 0 Å². The van der Waals surface area contributed by atoms with Gasteiger partial charge in [0.1, 0.15) is 5.88 Å². The van der Waals surface area contributed by atoms with Crippen molar-refractivity contribution in [2.75, 3.05) is 5.32 Å². The van der Waals surface area contributed by atoms with Crippen LogP contribution in [-0.2, 0) is 5.88 Å². The molecule has 14 heavy (non-hydrogen) atoms. The molecule has 0 saturated heterocycles. The van der Waals surface area contributed by atoms with Crippen LogP contribution < -0.4 is 5.32 Å². The lowest BCUT2D eigenvalue weighted by Gasteiger charge is -1.95. The first-order chi connectivity index (χ1) is 6.88. The van der Waals surface area contributed by atoms with E-state index in [1.807, 2.05) is 0 Å². The minimum absolute atomic E-state index is 0.185. The molecule has 0 fully saturated rings. The molecule has 0 aliphatic rings. The Morgan fingerprint density at radius 3 is 2.71 bits per heavy atom. The molecule has 0 atom stereocenters. The third-order valence-electron chi connectivity index (χ3n) is 1.37. The molecule has 1 N–H and O–H groups in total. The van der Waals surface area contributed by atoms with Crippen molar-refractivity contribution in [1.29, 1.82) is 0 Å². The van der Waals surface area contributed by atoms with E-state index in [1.54, 1.807) is 18.5 Å². The van der Waals surface area contributed by atoms with Crippen LogP contribution in [0.2, 0.25) is 0 Å². The fourth-order valence-corrected chi connectivity index (χ4v) is 0.925. The molecule has 0 aromatic carbocycles. The zero-order chi connectivity index (χ0) is 9.80. The molecule has 0 bridgehead atoms. The van der Waals surface area contributed by atoms with Crippen molar-refractivity contribution in [1.82, 2.24) is 20.2 Å². The zero-order valence-corrected chi connectivity index (χ0v) is 7.77. The maximum atomic E-state index is 5.49. The van der Waals surface area contributed by atoms with Gasteiger partial charge in [0.2, 0.25) is 11.8 Å². The SMILES string of the molecule is ClCc1nnc(Nc2ncccn2)o1. The van der Waals surface area contributed by atoms with Gasteiger partial charge in [0.05, 0.1) is 0 Å². The number of rotatable bonds is 3. The first-order valence-electron chi connectivity index (χ1n) is 3.81. The van der Waals surface area contributed by atoms with Crippen LogP contribution >= 0.6 is 11.6 Å². The van der Waals surface area contributed by atoms with Crippen molar-refractivity contribution in [3.8, 4) is 0 Å². The molecule has 0 radical (unpaired) electrons. The second kappa shape index (κ2) is 4.01. The Bertz CT molecular complexity index is 403. The van der Waals surface area contributed by atoms with Crippen molar-refractivity contribution in [2.45, 2.75) is 5.88 Å². The van der Waals surface area contributed by atoms with Crippen LogP contribution in [0, 0.1) is 0 Å². The lowest BCUT2D eigenvalue weighted by molar-refractivity contribution is 0.529. The van der Waals surface area contributed by atoms with Crippen LogP contribution in [0.4, 0.5) is 12.0 Å². The number of hydrogen-bond acceptors (Lipinski definition) is 6. The first-order valence-corrected chi connectivity index (χ1v) is 4.34. The van der Waals surface area contributed by atoms with Gasteiger partial charge in [-0.2, -0.15) is 0 Å². The van der Waals surface area contributed by atoms with E-state index in [2.05, 4.69) is 25.5 Å². The minimum atomic E-state index is 0.185. The van der Waals surface area contributed by atoms with E-state index in [-0.39, 0.29) is 11.9 Å². The summed E-state index contributed by atoms with van der Waals surface area (Å²) in [4.78, 5) is 7.85. The predicted octanol–water partition coefficient (Wildman–Crippen LogP) is 1.34. The number of anilines is 2. The van der Waals surface area contributed by atoms with E-state index in [9.17, 15) is 0 Å². The number of aromatic nitrogens is 4. The Morgan fingerprint density at radius 2 is 2.07 bits per heavy atom. The van der Waals surface area contributed by atoms with Gasteiger partial charge >= 0.3 is 6.01 Å². The molecule has 2 aromatic rings. The summed E-state index contributed by atoms with van der Waals surface area (Å²) >= 11 is 5.49. The van der Waals surface area contributed by atoms with Gasteiger partial charge < -0.3 is 4.42 Å². The highest BCUT2D eigenvalue weighted by molar-refractivity contribution is 6.16. The summed E-state index contributed by atoms with van der Waals surface area (Å²) in [5.74, 6) is 0.937. The van der Waals surface area contributed by atoms with Gasteiger partial charge in [-0.25, -0.2) is 9.97 Å². The minimum Gasteiger partial charge on any atom is -0.407 e. The van der Waals surface area contributed by atoms with Gasteiger partial charge in [-0.15, -0.1) is 16.7 Å². The first kappa shape index (κ1) is 8.89. The van der Waals surface area contributed by atoms with Crippen molar-refractivity contribution in [3.63, 3.8) is 0 Å². The molecule has 2 heterocycles.